The summed E-state index contributed by atoms with van der Waals surface area (Å²) in [4.78, 5) is 0. The lowest BCUT2D eigenvalue weighted by atomic mass is 10.1. The minimum Gasteiger partial charge on any atom is -0.381 e. The highest BCUT2D eigenvalue weighted by molar-refractivity contribution is 4.81. The molecule has 0 N–H and O–H groups in total. The van der Waals surface area contributed by atoms with Gasteiger partial charge in [0, 0.05) is 13.2 Å². The number of allylic oxidation sites excluding steroid dienone is 2. The second-order valence-corrected chi connectivity index (χ2v) is 9.38. The first kappa shape index (κ1) is 29.7. The molecule has 0 aliphatic heterocycles. The van der Waals surface area contributed by atoms with Crippen LogP contribution in [0, 0.1) is 0 Å². The van der Waals surface area contributed by atoms with E-state index in [0.29, 0.717) is 0 Å². The smallest absolute Gasteiger partial charge is 0.0466 e. The van der Waals surface area contributed by atoms with E-state index in [0.717, 1.165) is 13.2 Å². The summed E-state index contributed by atoms with van der Waals surface area (Å²) in [6.45, 7) is 6.55. The molecule has 0 saturated heterocycles. The third-order valence-corrected chi connectivity index (χ3v) is 6.19. The van der Waals surface area contributed by atoms with Gasteiger partial charge in [0.1, 0.15) is 0 Å². The van der Waals surface area contributed by atoms with Crippen LogP contribution in [0.3, 0.4) is 0 Å². The van der Waals surface area contributed by atoms with Gasteiger partial charge in [0.2, 0.25) is 0 Å². The van der Waals surface area contributed by atoms with Gasteiger partial charge >= 0.3 is 0 Å². The van der Waals surface area contributed by atoms with Crippen LogP contribution < -0.4 is 0 Å². The number of rotatable bonds is 26. The molecule has 0 radical (unpaired) electrons. The third-order valence-electron chi connectivity index (χ3n) is 6.19. The van der Waals surface area contributed by atoms with E-state index in [1.165, 1.54) is 148 Å². The minimum atomic E-state index is 0.984. The Kier molecular flexibility index (Phi) is 28.4. The normalized spacial score (nSPS) is 11.7. The molecule has 30 heavy (non-hydrogen) atoms. The van der Waals surface area contributed by atoms with E-state index in [1.807, 2.05) is 0 Å². The van der Waals surface area contributed by atoms with Crippen molar-refractivity contribution in [1.29, 1.82) is 0 Å². The molecular weight excluding hydrogens is 364 g/mol. The molecule has 0 aromatic heterocycles. The lowest BCUT2D eigenvalue weighted by Gasteiger charge is -2.05. The summed E-state index contributed by atoms with van der Waals surface area (Å²) < 4.78 is 5.80. The zero-order chi connectivity index (χ0) is 21.8. The molecule has 0 rings (SSSR count). The average molecular weight is 423 g/mol. The SMILES string of the molecule is CCCCCCCC/C=C\CCCCCCCCOCCCCCCCCCCC. The van der Waals surface area contributed by atoms with Crippen LogP contribution in [-0.4, -0.2) is 13.2 Å². The molecule has 0 amide bonds. The summed E-state index contributed by atoms with van der Waals surface area (Å²) in [5.41, 5.74) is 0. The summed E-state index contributed by atoms with van der Waals surface area (Å²) >= 11 is 0. The first-order valence-electron chi connectivity index (χ1n) is 14.1. The van der Waals surface area contributed by atoms with E-state index in [-0.39, 0.29) is 0 Å². The number of hydrogen-bond donors (Lipinski definition) is 0. The van der Waals surface area contributed by atoms with Gasteiger partial charge in [0.15, 0.2) is 0 Å². The van der Waals surface area contributed by atoms with Crippen molar-refractivity contribution in [3.63, 3.8) is 0 Å². The largest absolute Gasteiger partial charge is 0.381 e. The maximum Gasteiger partial charge on any atom is 0.0466 e. The summed E-state index contributed by atoms with van der Waals surface area (Å²) in [6, 6.07) is 0. The van der Waals surface area contributed by atoms with Gasteiger partial charge in [-0.1, -0.05) is 135 Å². The highest BCUT2D eigenvalue weighted by Gasteiger charge is 1.94. The average Bonchev–Trinajstić information content (AvgIpc) is 2.76. The maximum atomic E-state index is 5.80. The van der Waals surface area contributed by atoms with E-state index in [4.69, 9.17) is 4.74 Å². The van der Waals surface area contributed by atoms with Crippen LogP contribution in [0.15, 0.2) is 12.2 Å². The molecule has 0 aliphatic carbocycles. The molecule has 0 bridgehead atoms. The van der Waals surface area contributed by atoms with Crippen molar-refractivity contribution < 1.29 is 4.74 Å². The minimum absolute atomic E-state index is 0.984. The monoisotopic (exact) mass is 422 g/mol. The zero-order valence-electron chi connectivity index (χ0n) is 21.2. The molecule has 0 aromatic carbocycles. The fourth-order valence-corrected chi connectivity index (χ4v) is 4.07. The van der Waals surface area contributed by atoms with Crippen molar-refractivity contribution >= 4 is 0 Å². The highest BCUT2D eigenvalue weighted by atomic mass is 16.5. The van der Waals surface area contributed by atoms with Gasteiger partial charge in [-0.3, -0.25) is 0 Å². The van der Waals surface area contributed by atoms with Gasteiger partial charge in [-0.15, -0.1) is 0 Å². The summed E-state index contributed by atoms with van der Waals surface area (Å²) in [5, 5.41) is 0. The summed E-state index contributed by atoms with van der Waals surface area (Å²) in [7, 11) is 0. The fourth-order valence-electron chi connectivity index (χ4n) is 4.07. The van der Waals surface area contributed by atoms with Gasteiger partial charge in [0.05, 0.1) is 0 Å². The van der Waals surface area contributed by atoms with E-state index in [2.05, 4.69) is 26.0 Å². The second-order valence-electron chi connectivity index (χ2n) is 9.38. The van der Waals surface area contributed by atoms with Crippen LogP contribution >= 0.6 is 0 Å². The molecule has 180 valence electrons. The zero-order valence-corrected chi connectivity index (χ0v) is 21.2. The molecule has 1 nitrogen and oxygen atoms in total. The van der Waals surface area contributed by atoms with Crippen LogP contribution in [0.1, 0.15) is 162 Å². The summed E-state index contributed by atoms with van der Waals surface area (Å²) in [5.74, 6) is 0. The second kappa shape index (κ2) is 28.7. The fraction of sp³-hybridized carbons (Fsp3) is 0.931. The van der Waals surface area contributed by atoms with Gasteiger partial charge < -0.3 is 4.74 Å². The molecule has 0 aromatic rings. The van der Waals surface area contributed by atoms with Gasteiger partial charge in [-0.25, -0.2) is 0 Å². The maximum absolute atomic E-state index is 5.80. The Bertz CT molecular complexity index is 309. The van der Waals surface area contributed by atoms with Crippen LogP contribution in [0.2, 0.25) is 0 Å². The molecule has 0 atom stereocenters. The lowest BCUT2D eigenvalue weighted by molar-refractivity contribution is 0.125. The Morgan fingerprint density at radius 3 is 1.03 bits per heavy atom. The Labute approximate surface area is 191 Å². The van der Waals surface area contributed by atoms with Crippen LogP contribution in [0.25, 0.3) is 0 Å². The molecule has 0 fully saturated rings. The standard InChI is InChI=1S/C29H58O/c1-3-5-7-9-11-13-14-15-16-17-18-19-21-23-25-27-29-30-28-26-24-22-20-12-10-8-6-4-2/h15-16H,3-14,17-29H2,1-2H3/b16-15-. The Morgan fingerprint density at radius 1 is 0.367 bits per heavy atom. The predicted molar refractivity (Wildman–Crippen MR) is 137 cm³/mol. The molecule has 0 heterocycles. The predicted octanol–water partition coefficient (Wildman–Crippen LogP) is 10.6. The van der Waals surface area contributed by atoms with Crippen molar-refractivity contribution in [1.82, 2.24) is 0 Å². The highest BCUT2D eigenvalue weighted by Crippen LogP contribution is 2.11. The molecule has 0 saturated carbocycles. The van der Waals surface area contributed by atoms with Crippen LogP contribution in [-0.2, 0) is 4.74 Å². The van der Waals surface area contributed by atoms with Crippen molar-refractivity contribution in [2.24, 2.45) is 0 Å². The van der Waals surface area contributed by atoms with E-state index in [9.17, 15) is 0 Å². The van der Waals surface area contributed by atoms with Crippen molar-refractivity contribution in [3.05, 3.63) is 12.2 Å². The van der Waals surface area contributed by atoms with Gasteiger partial charge in [0.25, 0.3) is 0 Å². The van der Waals surface area contributed by atoms with E-state index >= 15 is 0 Å². The molecule has 0 unspecified atom stereocenters. The summed E-state index contributed by atoms with van der Waals surface area (Å²) in [6.07, 6.45) is 36.6. The molecule has 0 spiro atoms. The molecular formula is C29H58O. The Morgan fingerprint density at radius 2 is 0.667 bits per heavy atom. The van der Waals surface area contributed by atoms with Gasteiger partial charge in [-0.2, -0.15) is 0 Å². The first-order valence-corrected chi connectivity index (χ1v) is 14.1. The van der Waals surface area contributed by atoms with Crippen LogP contribution in [0.5, 0.6) is 0 Å². The van der Waals surface area contributed by atoms with E-state index < -0.39 is 0 Å². The molecule has 0 aliphatic rings. The molecule has 1 heteroatoms. The van der Waals surface area contributed by atoms with Crippen molar-refractivity contribution in [2.75, 3.05) is 13.2 Å². The van der Waals surface area contributed by atoms with Gasteiger partial charge in [-0.05, 0) is 38.5 Å². The number of ether oxygens (including phenoxy) is 1. The van der Waals surface area contributed by atoms with E-state index in [1.54, 1.807) is 0 Å². The lowest BCUT2D eigenvalue weighted by Crippen LogP contribution is -1.97. The Hall–Kier alpha value is -0.300. The topological polar surface area (TPSA) is 9.23 Å². The number of hydrogen-bond acceptors (Lipinski definition) is 1. The Balaban J connectivity index is 3.04. The van der Waals surface area contributed by atoms with Crippen LogP contribution in [0.4, 0.5) is 0 Å². The van der Waals surface area contributed by atoms with Crippen molar-refractivity contribution in [3.8, 4) is 0 Å². The quantitative estimate of drug-likeness (QED) is 0.0994. The third kappa shape index (κ3) is 27.7. The first-order chi connectivity index (χ1) is 14.9. The van der Waals surface area contributed by atoms with Crippen molar-refractivity contribution in [2.45, 2.75) is 162 Å². The number of unbranched alkanes of at least 4 members (excludes halogenated alkanes) is 20.